The van der Waals surface area contributed by atoms with Crippen molar-refractivity contribution in [1.82, 2.24) is 5.43 Å². The zero-order valence-corrected chi connectivity index (χ0v) is 14.4. The second-order valence-electron chi connectivity index (χ2n) is 5.83. The second-order valence-corrected chi connectivity index (χ2v) is 5.83. The van der Waals surface area contributed by atoms with Crippen LogP contribution in [0.1, 0.15) is 70.3 Å². The number of hydrazone groups is 1. The molecule has 0 radical (unpaired) electrons. The Balaban J connectivity index is 2.19. The molecule has 0 atom stereocenters. The molecule has 0 aliphatic carbocycles. The Morgan fingerprint density at radius 3 is 2.42 bits per heavy atom. The van der Waals surface area contributed by atoms with E-state index in [2.05, 4.69) is 17.5 Å². The van der Waals surface area contributed by atoms with E-state index < -0.39 is 4.92 Å². The van der Waals surface area contributed by atoms with Gasteiger partial charge < -0.3 is 0 Å². The smallest absolute Gasteiger partial charge is 0.273 e. The molecular formula is C18H27N3O3. The van der Waals surface area contributed by atoms with E-state index in [1.807, 2.05) is 0 Å². The van der Waals surface area contributed by atoms with Crippen molar-refractivity contribution in [2.24, 2.45) is 5.10 Å². The van der Waals surface area contributed by atoms with Crippen LogP contribution in [0.25, 0.3) is 0 Å². The van der Waals surface area contributed by atoms with E-state index in [1.54, 1.807) is 18.2 Å². The fourth-order valence-electron chi connectivity index (χ4n) is 2.41. The minimum Gasteiger partial charge on any atom is -0.273 e. The zero-order valence-electron chi connectivity index (χ0n) is 14.4. The van der Waals surface area contributed by atoms with Crippen molar-refractivity contribution >= 4 is 17.8 Å². The lowest BCUT2D eigenvalue weighted by Gasteiger charge is -2.02. The maximum atomic E-state index is 11.7. The predicted octanol–water partition coefficient (Wildman–Crippen LogP) is 4.58. The van der Waals surface area contributed by atoms with Crippen LogP contribution >= 0.6 is 0 Å². The van der Waals surface area contributed by atoms with Gasteiger partial charge in [-0.3, -0.25) is 14.9 Å². The molecule has 6 nitrogen and oxygen atoms in total. The van der Waals surface area contributed by atoms with Gasteiger partial charge in [0.15, 0.2) is 0 Å². The molecule has 0 aliphatic rings. The van der Waals surface area contributed by atoms with Crippen molar-refractivity contribution in [1.29, 1.82) is 0 Å². The third kappa shape index (κ3) is 8.41. The number of unbranched alkanes of at least 4 members (excludes halogenated alkanes) is 7. The number of rotatable bonds is 12. The van der Waals surface area contributed by atoms with Gasteiger partial charge in [0.1, 0.15) is 0 Å². The Bertz CT molecular complexity index is 544. The van der Waals surface area contributed by atoms with Gasteiger partial charge in [-0.05, 0) is 12.5 Å². The standard InChI is InChI=1S/C18H27N3O3/c1-2-3-4-5-6-7-8-9-14-18(22)20-19-15-16-12-10-11-13-17(16)21(23)24/h10-13,15H,2-9,14H2,1H3,(H,20,22). The van der Waals surface area contributed by atoms with E-state index >= 15 is 0 Å². The topological polar surface area (TPSA) is 84.6 Å². The molecule has 0 saturated carbocycles. The highest BCUT2D eigenvalue weighted by molar-refractivity contribution is 5.86. The first-order valence-corrected chi connectivity index (χ1v) is 8.70. The number of hydrogen-bond acceptors (Lipinski definition) is 4. The highest BCUT2D eigenvalue weighted by atomic mass is 16.6. The normalized spacial score (nSPS) is 10.9. The number of benzene rings is 1. The van der Waals surface area contributed by atoms with Crippen molar-refractivity contribution in [3.05, 3.63) is 39.9 Å². The van der Waals surface area contributed by atoms with Crippen LogP contribution in [-0.4, -0.2) is 17.0 Å². The van der Waals surface area contributed by atoms with Crippen LogP contribution < -0.4 is 5.43 Å². The van der Waals surface area contributed by atoms with Crippen molar-refractivity contribution in [2.45, 2.75) is 64.7 Å². The van der Waals surface area contributed by atoms with Crippen molar-refractivity contribution in [3.8, 4) is 0 Å². The Morgan fingerprint density at radius 1 is 1.12 bits per heavy atom. The lowest BCUT2D eigenvalue weighted by molar-refractivity contribution is -0.385. The molecule has 0 spiro atoms. The molecule has 0 aromatic heterocycles. The monoisotopic (exact) mass is 333 g/mol. The number of nitrogens with one attached hydrogen (secondary N) is 1. The first-order chi connectivity index (χ1) is 11.6. The third-order valence-electron chi connectivity index (χ3n) is 3.78. The van der Waals surface area contributed by atoms with Gasteiger partial charge in [-0.15, -0.1) is 0 Å². The van der Waals surface area contributed by atoms with Crippen LogP contribution in [0.3, 0.4) is 0 Å². The molecule has 132 valence electrons. The molecule has 1 aromatic rings. The van der Waals surface area contributed by atoms with E-state index in [-0.39, 0.29) is 11.6 Å². The van der Waals surface area contributed by atoms with E-state index in [0.717, 1.165) is 19.3 Å². The minimum atomic E-state index is -0.469. The second kappa shape index (κ2) is 12.2. The van der Waals surface area contributed by atoms with Gasteiger partial charge in [0.2, 0.25) is 5.91 Å². The number of para-hydroxylation sites is 1. The lowest BCUT2D eigenvalue weighted by atomic mass is 10.1. The molecule has 0 bridgehead atoms. The maximum absolute atomic E-state index is 11.7. The summed E-state index contributed by atoms with van der Waals surface area (Å²) in [5.41, 5.74) is 2.77. The van der Waals surface area contributed by atoms with Crippen molar-refractivity contribution in [2.75, 3.05) is 0 Å². The molecule has 1 rings (SSSR count). The van der Waals surface area contributed by atoms with E-state index in [9.17, 15) is 14.9 Å². The summed E-state index contributed by atoms with van der Waals surface area (Å²) in [5.74, 6) is -0.157. The summed E-state index contributed by atoms with van der Waals surface area (Å²) in [6.07, 6.45) is 11.2. The summed E-state index contributed by atoms with van der Waals surface area (Å²) in [5, 5.41) is 14.7. The molecular weight excluding hydrogens is 306 g/mol. The van der Waals surface area contributed by atoms with Gasteiger partial charge in [0, 0.05) is 12.5 Å². The first kappa shape index (κ1) is 19.8. The number of amides is 1. The Kier molecular flexibility index (Phi) is 10.1. The summed E-state index contributed by atoms with van der Waals surface area (Å²) in [4.78, 5) is 22.1. The quantitative estimate of drug-likeness (QED) is 0.263. The summed E-state index contributed by atoms with van der Waals surface area (Å²) >= 11 is 0. The fourth-order valence-corrected chi connectivity index (χ4v) is 2.41. The summed E-state index contributed by atoms with van der Waals surface area (Å²) in [6, 6.07) is 6.28. The van der Waals surface area contributed by atoms with E-state index in [4.69, 9.17) is 0 Å². The SMILES string of the molecule is CCCCCCCCCCC(=O)NN=Cc1ccccc1[N+](=O)[O-]. The number of nitrogens with zero attached hydrogens (tertiary/aromatic N) is 2. The molecule has 1 N–H and O–H groups in total. The number of carbonyl (C=O) groups is 1. The van der Waals surface area contributed by atoms with Gasteiger partial charge in [0.25, 0.3) is 5.69 Å². The molecule has 1 aromatic carbocycles. The van der Waals surface area contributed by atoms with E-state index in [0.29, 0.717) is 12.0 Å². The lowest BCUT2D eigenvalue weighted by Crippen LogP contribution is -2.17. The first-order valence-electron chi connectivity index (χ1n) is 8.70. The summed E-state index contributed by atoms with van der Waals surface area (Å²) in [6.45, 7) is 2.21. The van der Waals surface area contributed by atoms with Crippen molar-refractivity contribution < 1.29 is 9.72 Å². The molecule has 0 unspecified atom stereocenters. The maximum Gasteiger partial charge on any atom is 0.278 e. The number of nitro groups is 1. The molecule has 0 saturated heterocycles. The van der Waals surface area contributed by atoms with Crippen LogP contribution in [0.2, 0.25) is 0 Å². The van der Waals surface area contributed by atoms with Crippen LogP contribution in [0.15, 0.2) is 29.4 Å². The van der Waals surface area contributed by atoms with Crippen LogP contribution in [0.5, 0.6) is 0 Å². The average Bonchev–Trinajstić information content (AvgIpc) is 2.57. The Morgan fingerprint density at radius 2 is 1.75 bits per heavy atom. The largest absolute Gasteiger partial charge is 0.278 e. The zero-order chi connectivity index (χ0) is 17.6. The number of carbonyl (C=O) groups excluding carboxylic acids is 1. The highest BCUT2D eigenvalue weighted by Gasteiger charge is 2.09. The van der Waals surface area contributed by atoms with Gasteiger partial charge in [-0.25, -0.2) is 5.43 Å². The predicted molar refractivity (Wildman–Crippen MR) is 96.1 cm³/mol. The van der Waals surface area contributed by atoms with E-state index in [1.165, 1.54) is 44.4 Å². The highest BCUT2D eigenvalue weighted by Crippen LogP contribution is 2.15. The molecule has 0 heterocycles. The minimum absolute atomic E-state index is 0.0291. The van der Waals surface area contributed by atoms with Crippen LogP contribution in [0.4, 0.5) is 5.69 Å². The van der Waals surface area contributed by atoms with Gasteiger partial charge in [-0.1, -0.05) is 64.0 Å². The van der Waals surface area contributed by atoms with Crippen LogP contribution in [-0.2, 0) is 4.79 Å². The molecule has 0 fully saturated rings. The van der Waals surface area contributed by atoms with Gasteiger partial charge in [0.05, 0.1) is 16.7 Å². The van der Waals surface area contributed by atoms with Crippen LogP contribution in [0, 0.1) is 10.1 Å². The molecule has 24 heavy (non-hydrogen) atoms. The van der Waals surface area contributed by atoms with Crippen molar-refractivity contribution in [3.63, 3.8) is 0 Å². The van der Waals surface area contributed by atoms with Gasteiger partial charge in [-0.2, -0.15) is 5.10 Å². The Hall–Kier alpha value is -2.24. The fraction of sp³-hybridized carbons (Fsp3) is 0.556. The molecule has 0 aliphatic heterocycles. The summed E-state index contributed by atoms with van der Waals surface area (Å²) in [7, 11) is 0. The summed E-state index contributed by atoms with van der Waals surface area (Å²) < 4.78 is 0. The Labute approximate surface area is 143 Å². The third-order valence-corrected chi connectivity index (χ3v) is 3.78. The number of hydrogen-bond donors (Lipinski definition) is 1. The molecule has 1 amide bonds. The van der Waals surface area contributed by atoms with Gasteiger partial charge >= 0.3 is 0 Å². The average molecular weight is 333 g/mol. The molecule has 6 heteroatoms. The number of nitro benzene ring substituents is 1.